The molecule has 6 atom stereocenters. The number of hydrogen-bond acceptors (Lipinski definition) is 6. The monoisotopic (exact) mass is 594 g/mol. The van der Waals surface area contributed by atoms with Gasteiger partial charge < -0.3 is 24.4 Å². The summed E-state index contributed by atoms with van der Waals surface area (Å²) in [7, 11) is 0. The molecule has 0 aromatic heterocycles. The van der Waals surface area contributed by atoms with Gasteiger partial charge >= 0.3 is 5.97 Å². The average Bonchev–Trinajstić information content (AvgIpc) is 3.59. The van der Waals surface area contributed by atoms with Gasteiger partial charge in [-0.2, -0.15) is 0 Å². The number of benzene rings is 1. The van der Waals surface area contributed by atoms with Crippen LogP contribution in [0.4, 0.5) is 0 Å². The summed E-state index contributed by atoms with van der Waals surface area (Å²) in [6, 6.07) is 7.96. The molecule has 8 nitrogen and oxygen atoms in total. The molecule has 0 saturated carbocycles. The maximum absolute atomic E-state index is 14.9. The number of aliphatic hydroxyl groups is 1. The predicted molar refractivity (Wildman–Crippen MR) is 166 cm³/mol. The molecule has 2 amide bonds. The van der Waals surface area contributed by atoms with E-state index in [1.165, 1.54) is 0 Å². The van der Waals surface area contributed by atoms with Crippen LogP contribution in [0.1, 0.15) is 72.3 Å². The Bertz CT molecular complexity index is 1190. The molecule has 2 bridgehead atoms. The molecule has 8 heteroatoms. The topological polar surface area (TPSA) is 96.4 Å². The molecule has 236 valence electrons. The molecule has 1 aromatic rings. The highest BCUT2D eigenvalue weighted by Crippen LogP contribution is 2.59. The molecule has 4 rings (SSSR count). The lowest BCUT2D eigenvalue weighted by molar-refractivity contribution is -0.158. The molecule has 3 saturated heterocycles. The van der Waals surface area contributed by atoms with Gasteiger partial charge in [-0.25, -0.2) is 0 Å². The van der Waals surface area contributed by atoms with Gasteiger partial charge in [-0.05, 0) is 63.4 Å². The standard InChI is InChI=1S/C35H50N2O6/c1-8-10-14-20-42-32(41)27-26-17-18-35(43-26)28(27)30(39)37(25(22-38)21-24-15-12-11-13-16-24)29(35)31(40)36(19-9-2)34(6,7)23-33(3,4)5/h8-9,11-13,15-16,25-29,38H,1-2,10,14,17-23H2,3-7H3/t25-,26-,27+,28+,29?,35?/m1/s1. The maximum Gasteiger partial charge on any atom is 0.312 e. The number of hydrogen-bond donors (Lipinski definition) is 1. The van der Waals surface area contributed by atoms with Gasteiger partial charge in [0.15, 0.2) is 0 Å². The van der Waals surface area contributed by atoms with E-state index in [1.807, 2.05) is 49.1 Å². The summed E-state index contributed by atoms with van der Waals surface area (Å²) in [6.07, 6.45) is 6.47. The summed E-state index contributed by atoms with van der Waals surface area (Å²) >= 11 is 0. The van der Waals surface area contributed by atoms with E-state index in [1.54, 1.807) is 17.1 Å². The molecule has 3 aliphatic rings. The third kappa shape index (κ3) is 6.46. The molecule has 3 heterocycles. The Kier molecular flexibility index (Phi) is 9.92. The van der Waals surface area contributed by atoms with Crippen LogP contribution >= 0.6 is 0 Å². The van der Waals surface area contributed by atoms with Crippen LogP contribution in [0, 0.1) is 17.3 Å². The SMILES string of the molecule is C=CCCCOC(=O)[C@@H]1[C@H]2C(=O)N([C@@H](CO)Cc3ccccc3)C(C(=O)N(CC=C)C(C)(C)CC(C)(C)C)C23CC[C@H]1O3. The van der Waals surface area contributed by atoms with Crippen molar-refractivity contribution in [1.82, 2.24) is 9.80 Å². The fourth-order valence-corrected chi connectivity index (χ4v) is 7.97. The van der Waals surface area contributed by atoms with E-state index < -0.39 is 47.1 Å². The lowest BCUT2D eigenvalue weighted by atomic mass is 9.70. The number of unbranched alkanes of at least 4 members (excludes halogenated alkanes) is 1. The summed E-state index contributed by atoms with van der Waals surface area (Å²) < 4.78 is 12.3. The van der Waals surface area contributed by atoms with Crippen LogP contribution in [0.2, 0.25) is 0 Å². The molecule has 1 aromatic carbocycles. The van der Waals surface area contributed by atoms with Crippen LogP contribution in [0.5, 0.6) is 0 Å². The summed E-state index contributed by atoms with van der Waals surface area (Å²) in [5, 5.41) is 10.7. The smallest absolute Gasteiger partial charge is 0.312 e. The van der Waals surface area contributed by atoms with Crippen molar-refractivity contribution in [3.05, 3.63) is 61.2 Å². The second kappa shape index (κ2) is 12.9. The first-order valence-corrected chi connectivity index (χ1v) is 15.7. The number of rotatable bonds is 14. The molecule has 0 radical (unpaired) electrons. The van der Waals surface area contributed by atoms with E-state index in [-0.39, 0.29) is 30.4 Å². The van der Waals surface area contributed by atoms with Crippen molar-refractivity contribution in [2.75, 3.05) is 19.8 Å². The Morgan fingerprint density at radius 1 is 1.19 bits per heavy atom. The minimum absolute atomic E-state index is 0.0705. The van der Waals surface area contributed by atoms with Crippen molar-refractivity contribution in [2.45, 2.75) is 102 Å². The Hall–Kier alpha value is -2.97. The lowest BCUT2D eigenvalue weighted by Crippen LogP contribution is -2.62. The Morgan fingerprint density at radius 3 is 2.49 bits per heavy atom. The van der Waals surface area contributed by atoms with Crippen molar-refractivity contribution in [1.29, 1.82) is 0 Å². The number of nitrogens with zero attached hydrogens (tertiary/aromatic N) is 2. The Morgan fingerprint density at radius 2 is 1.88 bits per heavy atom. The van der Waals surface area contributed by atoms with Gasteiger partial charge in [0.05, 0.1) is 37.2 Å². The third-order valence-electron chi connectivity index (χ3n) is 9.23. The second-order valence-corrected chi connectivity index (χ2v) is 14.2. The van der Waals surface area contributed by atoms with Crippen LogP contribution < -0.4 is 0 Å². The summed E-state index contributed by atoms with van der Waals surface area (Å²) in [5.74, 6) is -2.67. The minimum atomic E-state index is -1.18. The van der Waals surface area contributed by atoms with E-state index in [0.29, 0.717) is 38.6 Å². The van der Waals surface area contributed by atoms with Gasteiger partial charge in [0.1, 0.15) is 11.6 Å². The first-order valence-electron chi connectivity index (χ1n) is 15.7. The molecular weight excluding hydrogens is 544 g/mol. The third-order valence-corrected chi connectivity index (χ3v) is 9.23. The molecule has 3 aliphatic heterocycles. The largest absolute Gasteiger partial charge is 0.465 e. The van der Waals surface area contributed by atoms with Crippen LogP contribution in [0.15, 0.2) is 55.6 Å². The van der Waals surface area contributed by atoms with Crippen LogP contribution in [0.3, 0.4) is 0 Å². The number of likely N-dealkylation sites (tertiary alicyclic amines) is 1. The number of carbonyl (C=O) groups excluding carboxylic acids is 3. The number of fused-ring (bicyclic) bond motifs is 1. The van der Waals surface area contributed by atoms with Crippen LogP contribution in [-0.2, 0) is 30.3 Å². The van der Waals surface area contributed by atoms with E-state index in [0.717, 1.165) is 12.0 Å². The number of amides is 2. The molecule has 43 heavy (non-hydrogen) atoms. The Balaban J connectivity index is 1.77. The number of aliphatic hydroxyl groups excluding tert-OH is 1. The minimum Gasteiger partial charge on any atom is -0.465 e. The van der Waals surface area contributed by atoms with Gasteiger partial charge in [0.2, 0.25) is 11.8 Å². The quantitative estimate of drug-likeness (QED) is 0.191. The first-order chi connectivity index (χ1) is 20.3. The zero-order chi connectivity index (χ0) is 31.6. The predicted octanol–water partition coefficient (Wildman–Crippen LogP) is 4.70. The fraction of sp³-hybridized carbons (Fsp3) is 0.629. The highest BCUT2D eigenvalue weighted by Gasteiger charge is 2.76. The van der Waals surface area contributed by atoms with Gasteiger partial charge in [-0.3, -0.25) is 14.4 Å². The molecule has 3 fully saturated rings. The van der Waals surface area contributed by atoms with Crippen molar-refractivity contribution >= 4 is 17.8 Å². The van der Waals surface area contributed by atoms with Gasteiger partial charge in [-0.1, -0.05) is 63.3 Å². The van der Waals surface area contributed by atoms with Crippen LogP contribution in [0.25, 0.3) is 0 Å². The second-order valence-electron chi connectivity index (χ2n) is 14.2. The lowest BCUT2D eigenvalue weighted by Gasteiger charge is -2.46. The van der Waals surface area contributed by atoms with Gasteiger partial charge in [-0.15, -0.1) is 13.2 Å². The number of esters is 1. The van der Waals surface area contributed by atoms with Crippen molar-refractivity contribution in [3.8, 4) is 0 Å². The fourth-order valence-electron chi connectivity index (χ4n) is 7.97. The Labute approximate surface area is 257 Å². The highest BCUT2D eigenvalue weighted by atomic mass is 16.6. The van der Waals surface area contributed by atoms with Crippen molar-refractivity contribution in [2.24, 2.45) is 17.3 Å². The summed E-state index contributed by atoms with van der Waals surface area (Å²) in [4.78, 5) is 46.3. The first kappa shape index (κ1) is 32.9. The highest BCUT2D eigenvalue weighted by molar-refractivity contribution is 5.98. The molecule has 0 aliphatic carbocycles. The summed E-state index contributed by atoms with van der Waals surface area (Å²) in [5.41, 5.74) is -0.875. The molecule has 1 N–H and O–H groups in total. The maximum atomic E-state index is 14.9. The number of carbonyl (C=O) groups is 3. The van der Waals surface area contributed by atoms with Gasteiger partial charge in [0.25, 0.3) is 0 Å². The van der Waals surface area contributed by atoms with Crippen molar-refractivity contribution in [3.63, 3.8) is 0 Å². The zero-order valence-electron chi connectivity index (χ0n) is 26.6. The summed E-state index contributed by atoms with van der Waals surface area (Å²) in [6.45, 7) is 18.3. The normalized spacial score (nSPS) is 27.1. The number of allylic oxidation sites excluding steroid dienone is 1. The van der Waals surface area contributed by atoms with E-state index in [2.05, 4.69) is 33.9 Å². The molecule has 2 unspecified atom stereocenters. The zero-order valence-corrected chi connectivity index (χ0v) is 26.6. The average molecular weight is 595 g/mol. The number of ether oxygens (including phenoxy) is 2. The molecule has 1 spiro atoms. The van der Waals surface area contributed by atoms with Crippen LogP contribution in [-0.4, -0.2) is 81.8 Å². The van der Waals surface area contributed by atoms with Gasteiger partial charge in [0, 0.05) is 12.1 Å². The van der Waals surface area contributed by atoms with E-state index in [4.69, 9.17) is 9.47 Å². The molecular formula is C35H50N2O6. The van der Waals surface area contributed by atoms with Crippen molar-refractivity contribution < 1.29 is 29.0 Å². The van der Waals surface area contributed by atoms with E-state index in [9.17, 15) is 19.5 Å². The van der Waals surface area contributed by atoms with E-state index >= 15 is 0 Å².